The minimum Gasteiger partial charge on any atom is -0.495 e. The first-order valence-corrected chi connectivity index (χ1v) is 10.4. The first-order chi connectivity index (χ1) is 14.2. The number of hydrogen-bond donors (Lipinski definition) is 0. The summed E-state index contributed by atoms with van der Waals surface area (Å²) in [5.41, 5.74) is 2.83. The molecule has 0 bridgehead atoms. The Bertz CT molecular complexity index is 885. The molecule has 0 amide bonds. The van der Waals surface area contributed by atoms with Gasteiger partial charge in [0.05, 0.1) is 18.4 Å². The van der Waals surface area contributed by atoms with Crippen molar-refractivity contribution in [3.05, 3.63) is 47.7 Å². The molecule has 1 aromatic heterocycles. The molecule has 1 atom stereocenters. The summed E-state index contributed by atoms with van der Waals surface area (Å²) >= 11 is 0. The molecule has 2 aliphatic rings. The van der Waals surface area contributed by atoms with E-state index in [0.717, 1.165) is 63.0 Å². The number of nitrogens with zero attached hydrogens (tertiary/aromatic N) is 5. The number of aryl methyl sites for hydroxylation is 1. The molecule has 2 aliphatic heterocycles. The average Bonchev–Trinajstić information content (AvgIpc) is 2.79. The number of ether oxygens (including phenoxy) is 1. The quantitative estimate of drug-likeness (QED) is 0.798. The van der Waals surface area contributed by atoms with Crippen molar-refractivity contribution < 1.29 is 4.74 Å². The summed E-state index contributed by atoms with van der Waals surface area (Å²) in [6.07, 6.45) is 2.34. The summed E-state index contributed by atoms with van der Waals surface area (Å²) in [7, 11) is 1.74. The molecule has 0 saturated carbocycles. The van der Waals surface area contributed by atoms with Crippen molar-refractivity contribution in [1.82, 2.24) is 9.88 Å². The Labute approximate surface area is 173 Å². The van der Waals surface area contributed by atoms with Crippen LogP contribution in [0.3, 0.4) is 0 Å². The Morgan fingerprint density at radius 3 is 2.59 bits per heavy atom. The van der Waals surface area contributed by atoms with Crippen LogP contribution in [-0.4, -0.2) is 62.3 Å². The first kappa shape index (κ1) is 19.5. The third kappa shape index (κ3) is 4.15. The number of anilines is 2. The van der Waals surface area contributed by atoms with Gasteiger partial charge in [0, 0.05) is 51.0 Å². The molecule has 1 aromatic carbocycles. The van der Waals surface area contributed by atoms with Gasteiger partial charge in [-0.25, -0.2) is 4.98 Å². The maximum Gasteiger partial charge on any atom is 0.146 e. The van der Waals surface area contributed by atoms with Crippen molar-refractivity contribution in [2.75, 3.05) is 56.2 Å². The fraction of sp³-hybridized carbons (Fsp3) is 0.478. The predicted molar refractivity (Wildman–Crippen MR) is 116 cm³/mol. The zero-order valence-electron chi connectivity index (χ0n) is 17.3. The molecule has 0 aliphatic carbocycles. The molecule has 2 fully saturated rings. The van der Waals surface area contributed by atoms with Gasteiger partial charge in [0.1, 0.15) is 17.6 Å². The number of piperidine rings is 1. The SMILES string of the molecule is COc1ccccc1N1CCN([C@H]2CCCN(c3nc(C)ccc3C#N)C2)CC1. The van der Waals surface area contributed by atoms with Crippen LogP contribution in [0.25, 0.3) is 0 Å². The highest BCUT2D eigenvalue weighted by Gasteiger charge is 2.30. The number of rotatable bonds is 4. The summed E-state index contributed by atoms with van der Waals surface area (Å²) in [5.74, 6) is 1.80. The van der Waals surface area contributed by atoms with Gasteiger partial charge in [-0.15, -0.1) is 0 Å². The monoisotopic (exact) mass is 391 g/mol. The van der Waals surface area contributed by atoms with E-state index in [1.54, 1.807) is 7.11 Å². The van der Waals surface area contributed by atoms with Crippen LogP contribution in [0.2, 0.25) is 0 Å². The summed E-state index contributed by atoms with van der Waals surface area (Å²) < 4.78 is 5.54. The van der Waals surface area contributed by atoms with Gasteiger partial charge in [0.2, 0.25) is 0 Å². The van der Waals surface area contributed by atoms with E-state index in [0.29, 0.717) is 11.6 Å². The molecule has 2 aromatic rings. The number of hydrogen-bond acceptors (Lipinski definition) is 6. The molecule has 6 nitrogen and oxygen atoms in total. The second-order valence-electron chi connectivity index (χ2n) is 7.87. The summed E-state index contributed by atoms with van der Waals surface area (Å²) in [6.45, 7) is 8.00. The van der Waals surface area contributed by atoms with Crippen molar-refractivity contribution in [3.63, 3.8) is 0 Å². The van der Waals surface area contributed by atoms with Crippen LogP contribution in [0.1, 0.15) is 24.1 Å². The summed E-state index contributed by atoms with van der Waals surface area (Å²) in [4.78, 5) is 12.0. The normalized spacial score (nSPS) is 20.4. The van der Waals surface area contributed by atoms with Crippen LogP contribution >= 0.6 is 0 Å². The lowest BCUT2D eigenvalue weighted by Gasteiger charge is -2.44. The zero-order valence-corrected chi connectivity index (χ0v) is 17.3. The molecule has 0 N–H and O–H groups in total. The van der Waals surface area contributed by atoms with Crippen molar-refractivity contribution in [2.45, 2.75) is 25.8 Å². The molecule has 6 heteroatoms. The fourth-order valence-corrected chi connectivity index (χ4v) is 4.54. The molecule has 3 heterocycles. The molecular weight excluding hydrogens is 362 g/mol. The minimum atomic E-state index is 0.512. The Balaban J connectivity index is 1.42. The van der Waals surface area contributed by atoms with E-state index in [1.807, 2.05) is 31.2 Å². The van der Waals surface area contributed by atoms with Gasteiger partial charge in [-0.1, -0.05) is 12.1 Å². The van der Waals surface area contributed by atoms with E-state index in [2.05, 4.69) is 37.9 Å². The van der Waals surface area contributed by atoms with Crippen molar-refractivity contribution in [2.24, 2.45) is 0 Å². The van der Waals surface area contributed by atoms with Crippen molar-refractivity contribution >= 4 is 11.5 Å². The van der Waals surface area contributed by atoms with E-state index >= 15 is 0 Å². The summed E-state index contributed by atoms with van der Waals surface area (Å²) in [5, 5.41) is 9.49. The maximum absolute atomic E-state index is 9.49. The minimum absolute atomic E-state index is 0.512. The van der Waals surface area contributed by atoms with Gasteiger partial charge in [-0.3, -0.25) is 4.90 Å². The highest BCUT2D eigenvalue weighted by Crippen LogP contribution is 2.30. The second-order valence-corrected chi connectivity index (χ2v) is 7.87. The smallest absolute Gasteiger partial charge is 0.146 e. The van der Waals surface area contributed by atoms with Crippen LogP contribution in [0.4, 0.5) is 11.5 Å². The largest absolute Gasteiger partial charge is 0.495 e. The van der Waals surface area contributed by atoms with Crippen molar-refractivity contribution in [3.8, 4) is 11.8 Å². The fourth-order valence-electron chi connectivity index (χ4n) is 4.54. The van der Waals surface area contributed by atoms with Gasteiger partial charge in [-0.2, -0.15) is 5.26 Å². The number of pyridine rings is 1. The third-order valence-electron chi connectivity index (χ3n) is 6.09. The van der Waals surface area contributed by atoms with Gasteiger partial charge in [-0.05, 0) is 44.0 Å². The lowest BCUT2D eigenvalue weighted by atomic mass is 10.0. The van der Waals surface area contributed by atoms with Crippen LogP contribution in [0.15, 0.2) is 36.4 Å². The summed E-state index contributed by atoms with van der Waals surface area (Å²) in [6, 6.07) is 14.9. The molecule has 0 unspecified atom stereocenters. The molecule has 2 saturated heterocycles. The zero-order chi connectivity index (χ0) is 20.2. The van der Waals surface area contributed by atoms with Gasteiger partial charge in [0.25, 0.3) is 0 Å². The van der Waals surface area contributed by atoms with Crippen LogP contribution < -0.4 is 14.5 Å². The van der Waals surface area contributed by atoms with Gasteiger partial charge < -0.3 is 14.5 Å². The van der Waals surface area contributed by atoms with E-state index in [4.69, 9.17) is 4.74 Å². The number of benzene rings is 1. The van der Waals surface area contributed by atoms with E-state index in [-0.39, 0.29) is 0 Å². The van der Waals surface area contributed by atoms with Crippen LogP contribution in [0, 0.1) is 18.3 Å². The molecule has 29 heavy (non-hydrogen) atoms. The van der Waals surface area contributed by atoms with E-state index in [9.17, 15) is 5.26 Å². The van der Waals surface area contributed by atoms with Gasteiger partial charge in [0.15, 0.2) is 0 Å². The predicted octanol–water partition coefficient (Wildman–Crippen LogP) is 3.06. The molecular formula is C23H29N5O. The Morgan fingerprint density at radius 1 is 1.03 bits per heavy atom. The molecule has 0 radical (unpaired) electrons. The van der Waals surface area contributed by atoms with E-state index < -0.39 is 0 Å². The van der Waals surface area contributed by atoms with Crippen molar-refractivity contribution in [1.29, 1.82) is 5.26 Å². The molecule has 152 valence electrons. The lowest BCUT2D eigenvalue weighted by molar-refractivity contribution is 0.166. The molecule has 0 spiro atoms. The number of nitriles is 1. The third-order valence-corrected chi connectivity index (χ3v) is 6.09. The van der Waals surface area contributed by atoms with E-state index in [1.165, 1.54) is 12.1 Å². The topological polar surface area (TPSA) is 55.6 Å². The Kier molecular flexibility index (Phi) is 5.86. The van der Waals surface area contributed by atoms with Crippen LogP contribution in [0.5, 0.6) is 5.75 Å². The maximum atomic E-state index is 9.49. The first-order valence-electron chi connectivity index (χ1n) is 10.4. The van der Waals surface area contributed by atoms with Crippen LogP contribution in [-0.2, 0) is 0 Å². The average molecular weight is 392 g/mol. The number of aromatic nitrogens is 1. The lowest BCUT2D eigenvalue weighted by Crippen LogP contribution is -2.55. The highest BCUT2D eigenvalue weighted by molar-refractivity contribution is 5.58. The second kappa shape index (κ2) is 8.71. The molecule has 4 rings (SSSR count). The standard InChI is InChI=1S/C23H29N5O/c1-18-9-10-19(16-24)23(25-18)28-11-5-6-20(17-28)26-12-14-27(15-13-26)21-7-3-4-8-22(21)29-2/h3-4,7-10,20H,5-6,11-15,17H2,1-2H3/t20-/m0/s1. The number of piperazine rings is 1. The van der Waals surface area contributed by atoms with Gasteiger partial charge >= 0.3 is 0 Å². The number of para-hydroxylation sites is 2. The Morgan fingerprint density at radius 2 is 1.83 bits per heavy atom. The highest BCUT2D eigenvalue weighted by atomic mass is 16.5. The number of methoxy groups -OCH3 is 1. The Hall–Kier alpha value is -2.78.